The fourth-order valence-electron chi connectivity index (χ4n) is 2.76. The Morgan fingerprint density at radius 2 is 1.25 bits per heavy atom. The Morgan fingerprint density at radius 3 is 1.90 bits per heavy atom. The van der Waals surface area contributed by atoms with Crippen LogP contribution in [0.25, 0.3) is 0 Å². The SMILES string of the molecule is Cc1cc2cc(C)c1CSCc1cccc(c1)CSC2. The van der Waals surface area contributed by atoms with Crippen molar-refractivity contribution in [1.29, 1.82) is 0 Å². The van der Waals surface area contributed by atoms with Gasteiger partial charge in [-0.1, -0.05) is 36.4 Å². The zero-order chi connectivity index (χ0) is 13.9. The molecular weight excluding hydrogens is 280 g/mol. The second-order valence-electron chi connectivity index (χ2n) is 5.51. The van der Waals surface area contributed by atoms with Gasteiger partial charge in [-0.3, -0.25) is 0 Å². The Morgan fingerprint density at radius 1 is 0.700 bits per heavy atom. The molecule has 0 saturated carbocycles. The summed E-state index contributed by atoms with van der Waals surface area (Å²) in [6.45, 7) is 4.52. The predicted molar refractivity (Wildman–Crippen MR) is 92.4 cm³/mol. The van der Waals surface area contributed by atoms with Crippen molar-refractivity contribution in [2.75, 3.05) is 0 Å². The minimum atomic E-state index is 1.11. The van der Waals surface area contributed by atoms with Crippen molar-refractivity contribution in [3.63, 3.8) is 0 Å². The molecule has 2 aliphatic rings. The van der Waals surface area contributed by atoms with Crippen LogP contribution in [-0.2, 0) is 23.0 Å². The molecule has 2 heteroatoms. The molecule has 0 radical (unpaired) electrons. The van der Waals surface area contributed by atoms with Gasteiger partial charge in [-0.15, -0.1) is 0 Å². The van der Waals surface area contributed by atoms with Crippen molar-refractivity contribution in [2.24, 2.45) is 0 Å². The van der Waals surface area contributed by atoms with Crippen molar-refractivity contribution in [3.05, 3.63) is 69.8 Å². The number of fused-ring (bicyclic) bond motifs is 6. The lowest BCUT2D eigenvalue weighted by Crippen LogP contribution is -1.95. The molecule has 2 heterocycles. The molecule has 0 amide bonds. The monoisotopic (exact) mass is 300 g/mol. The van der Waals surface area contributed by atoms with E-state index < -0.39 is 0 Å². The molecule has 0 N–H and O–H groups in total. The van der Waals surface area contributed by atoms with Crippen LogP contribution in [0.5, 0.6) is 0 Å². The van der Waals surface area contributed by atoms with E-state index >= 15 is 0 Å². The average molecular weight is 300 g/mol. The van der Waals surface area contributed by atoms with Crippen LogP contribution in [0.15, 0.2) is 36.4 Å². The van der Waals surface area contributed by atoms with E-state index in [1.165, 1.54) is 33.4 Å². The molecule has 2 aromatic rings. The smallest absolute Gasteiger partial charge is 0.0193 e. The molecule has 0 spiro atoms. The van der Waals surface area contributed by atoms with Gasteiger partial charge in [0, 0.05) is 23.0 Å². The van der Waals surface area contributed by atoms with Gasteiger partial charge < -0.3 is 0 Å². The van der Waals surface area contributed by atoms with Gasteiger partial charge >= 0.3 is 0 Å². The number of rotatable bonds is 0. The highest BCUT2D eigenvalue weighted by molar-refractivity contribution is 7.98. The van der Waals surface area contributed by atoms with E-state index in [-0.39, 0.29) is 0 Å². The Kier molecular flexibility index (Phi) is 4.42. The van der Waals surface area contributed by atoms with Crippen LogP contribution in [0.4, 0.5) is 0 Å². The van der Waals surface area contributed by atoms with Gasteiger partial charge in [0.05, 0.1) is 0 Å². The minimum Gasteiger partial charge on any atom is -0.152 e. The predicted octanol–water partition coefficient (Wildman–Crippen LogP) is 5.48. The summed E-state index contributed by atoms with van der Waals surface area (Å²) in [6.07, 6.45) is 0. The molecule has 2 aliphatic heterocycles. The second-order valence-corrected chi connectivity index (χ2v) is 7.48. The first kappa shape index (κ1) is 14.1. The van der Waals surface area contributed by atoms with E-state index in [0.717, 1.165) is 23.0 Å². The third kappa shape index (κ3) is 3.24. The molecule has 20 heavy (non-hydrogen) atoms. The Balaban J connectivity index is 1.92. The maximum atomic E-state index is 2.38. The van der Waals surface area contributed by atoms with E-state index in [9.17, 15) is 0 Å². The van der Waals surface area contributed by atoms with Crippen LogP contribution in [0.2, 0.25) is 0 Å². The molecule has 0 nitrogen and oxygen atoms in total. The molecule has 0 fully saturated rings. The lowest BCUT2D eigenvalue weighted by atomic mass is 10.0. The molecule has 0 aromatic heterocycles. The first-order valence-corrected chi connectivity index (χ1v) is 9.35. The molecule has 0 aliphatic carbocycles. The third-order valence-corrected chi connectivity index (χ3v) is 5.90. The standard InChI is InChI=1S/C18H20S2/c1-13-6-17-7-14(2)18(13)12-20-10-16-5-3-4-15(8-16)9-19-11-17/h3-8H,9-12H2,1-2H3. The van der Waals surface area contributed by atoms with Crippen LogP contribution in [0.1, 0.15) is 33.4 Å². The maximum absolute atomic E-state index is 2.38. The summed E-state index contributed by atoms with van der Waals surface area (Å²) in [5, 5.41) is 0. The molecule has 104 valence electrons. The molecular formula is C18H20S2. The van der Waals surface area contributed by atoms with Crippen LogP contribution in [-0.4, -0.2) is 0 Å². The molecule has 0 saturated heterocycles. The van der Waals surface area contributed by atoms with Gasteiger partial charge in [-0.2, -0.15) is 23.5 Å². The maximum Gasteiger partial charge on any atom is 0.0193 e. The number of thioether (sulfide) groups is 2. The zero-order valence-electron chi connectivity index (χ0n) is 12.1. The van der Waals surface area contributed by atoms with Crippen LogP contribution >= 0.6 is 23.5 Å². The lowest BCUT2D eigenvalue weighted by Gasteiger charge is -2.12. The Labute approximate surface area is 130 Å². The summed E-state index contributed by atoms with van der Waals surface area (Å²) in [6, 6.07) is 13.8. The summed E-state index contributed by atoms with van der Waals surface area (Å²) in [5.74, 6) is 4.45. The summed E-state index contributed by atoms with van der Waals surface area (Å²) in [5.41, 5.74) is 8.82. The summed E-state index contributed by atoms with van der Waals surface area (Å²) < 4.78 is 0. The second kappa shape index (κ2) is 6.28. The van der Waals surface area contributed by atoms with Crippen molar-refractivity contribution < 1.29 is 0 Å². The highest BCUT2D eigenvalue weighted by atomic mass is 32.2. The number of hydrogen-bond donors (Lipinski definition) is 0. The summed E-state index contributed by atoms with van der Waals surface area (Å²) >= 11 is 4.04. The highest BCUT2D eigenvalue weighted by Crippen LogP contribution is 2.28. The summed E-state index contributed by atoms with van der Waals surface area (Å²) in [7, 11) is 0. The molecule has 0 unspecified atom stereocenters. The van der Waals surface area contributed by atoms with Crippen molar-refractivity contribution in [1.82, 2.24) is 0 Å². The van der Waals surface area contributed by atoms with Gasteiger partial charge in [0.25, 0.3) is 0 Å². The largest absolute Gasteiger partial charge is 0.152 e. The van der Waals surface area contributed by atoms with E-state index in [1.807, 2.05) is 23.5 Å². The fraction of sp³-hybridized carbons (Fsp3) is 0.333. The van der Waals surface area contributed by atoms with Gasteiger partial charge in [0.1, 0.15) is 0 Å². The van der Waals surface area contributed by atoms with Gasteiger partial charge in [-0.25, -0.2) is 0 Å². The van der Waals surface area contributed by atoms with E-state index in [4.69, 9.17) is 0 Å². The van der Waals surface area contributed by atoms with Gasteiger partial charge in [0.2, 0.25) is 0 Å². The number of hydrogen-bond acceptors (Lipinski definition) is 2. The quantitative estimate of drug-likeness (QED) is 0.631. The van der Waals surface area contributed by atoms with Crippen molar-refractivity contribution >= 4 is 23.5 Å². The normalized spacial score (nSPS) is 15.3. The van der Waals surface area contributed by atoms with E-state index in [0.29, 0.717) is 0 Å². The fourth-order valence-corrected chi connectivity index (χ4v) is 4.86. The number of benzene rings is 2. The first-order chi connectivity index (χ1) is 9.72. The molecule has 4 rings (SSSR count). The lowest BCUT2D eigenvalue weighted by molar-refractivity contribution is 1.20. The Hall–Kier alpha value is -0.860. The minimum absolute atomic E-state index is 1.11. The first-order valence-electron chi connectivity index (χ1n) is 7.04. The molecule has 2 aromatic carbocycles. The van der Waals surface area contributed by atoms with E-state index in [2.05, 4.69) is 50.2 Å². The van der Waals surface area contributed by atoms with Crippen molar-refractivity contribution in [2.45, 2.75) is 36.9 Å². The zero-order valence-corrected chi connectivity index (χ0v) is 13.7. The van der Waals surface area contributed by atoms with Crippen LogP contribution in [0, 0.1) is 13.8 Å². The Bertz CT molecular complexity index is 594. The van der Waals surface area contributed by atoms with Crippen LogP contribution in [0.3, 0.4) is 0 Å². The average Bonchev–Trinajstić information content (AvgIpc) is 2.43. The van der Waals surface area contributed by atoms with Crippen molar-refractivity contribution in [3.8, 4) is 0 Å². The van der Waals surface area contributed by atoms with E-state index in [1.54, 1.807) is 0 Å². The number of aryl methyl sites for hydroxylation is 2. The molecule has 4 bridgehead atoms. The highest BCUT2D eigenvalue weighted by Gasteiger charge is 2.08. The summed E-state index contributed by atoms with van der Waals surface area (Å²) in [4.78, 5) is 0. The molecule has 0 atom stereocenters. The van der Waals surface area contributed by atoms with Gasteiger partial charge in [0.15, 0.2) is 0 Å². The third-order valence-electron chi connectivity index (χ3n) is 3.80. The topological polar surface area (TPSA) is 0 Å². The van der Waals surface area contributed by atoms with Gasteiger partial charge in [-0.05, 0) is 47.2 Å². The van der Waals surface area contributed by atoms with Crippen LogP contribution < -0.4 is 0 Å².